The first-order valence-electron chi connectivity index (χ1n) is 2.72. The molecule has 0 saturated heterocycles. The van der Waals surface area contributed by atoms with E-state index in [1.807, 2.05) is 0 Å². The number of thiocarbonyl (C=S) groups is 2. The zero-order valence-electron chi connectivity index (χ0n) is 6.42. The highest BCUT2D eigenvalue weighted by Gasteiger charge is 2.07. The van der Waals surface area contributed by atoms with Crippen molar-refractivity contribution in [2.45, 2.75) is 0 Å². The second kappa shape index (κ2) is 5.95. The van der Waals surface area contributed by atoms with Gasteiger partial charge in [0.2, 0.25) is 0 Å². The van der Waals surface area contributed by atoms with Crippen molar-refractivity contribution in [1.82, 2.24) is 10.1 Å². The summed E-state index contributed by atoms with van der Waals surface area (Å²) in [4.78, 5) is 0. The predicted molar refractivity (Wildman–Crippen MR) is 59.5 cm³/mol. The highest BCUT2D eigenvalue weighted by atomic mass is 33.1. The summed E-state index contributed by atoms with van der Waals surface area (Å²) < 4.78 is 0.563. The van der Waals surface area contributed by atoms with E-state index in [1.54, 1.807) is 0 Å². The molecular formula is C4H8N2O2S4. The minimum absolute atomic E-state index is 0.282. The summed E-state index contributed by atoms with van der Waals surface area (Å²) in [5, 5.41) is 19.2. The Balaban J connectivity index is 3.69. The topological polar surface area (TPSA) is 46.9 Å². The van der Waals surface area contributed by atoms with Crippen LogP contribution in [-0.2, 0) is 0 Å². The largest absolute Gasteiger partial charge is 0.287 e. The van der Waals surface area contributed by atoms with Crippen molar-refractivity contribution in [2.24, 2.45) is 0 Å². The van der Waals surface area contributed by atoms with Gasteiger partial charge < -0.3 is 0 Å². The Kier molecular flexibility index (Phi) is 6.14. The van der Waals surface area contributed by atoms with Gasteiger partial charge >= 0.3 is 0 Å². The Morgan fingerprint density at radius 2 is 1.25 bits per heavy atom. The highest BCUT2D eigenvalue weighted by Crippen LogP contribution is 2.26. The summed E-state index contributed by atoms with van der Waals surface area (Å²) in [5.41, 5.74) is 0. The van der Waals surface area contributed by atoms with Gasteiger partial charge in [0.25, 0.3) is 0 Å². The zero-order valence-corrected chi connectivity index (χ0v) is 9.69. The lowest BCUT2D eigenvalue weighted by Crippen LogP contribution is -2.19. The standard InChI is InChI=1S/C4H8N2O2S4/c1-5(7)3(9)11-12-4(10)6(2)8/h7-8H,1-2H3. The summed E-state index contributed by atoms with van der Waals surface area (Å²) in [6, 6.07) is 0. The molecule has 0 amide bonds. The van der Waals surface area contributed by atoms with Crippen LogP contribution in [0.25, 0.3) is 0 Å². The van der Waals surface area contributed by atoms with Crippen LogP contribution in [-0.4, -0.2) is 43.3 Å². The molecule has 2 N–H and O–H groups in total. The van der Waals surface area contributed by atoms with Crippen LogP contribution in [0.1, 0.15) is 0 Å². The molecule has 0 aliphatic heterocycles. The number of hydroxylamine groups is 4. The molecule has 4 nitrogen and oxygen atoms in total. The normalized spacial score (nSPS) is 9.33. The molecule has 0 aliphatic carbocycles. The molecule has 8 heteroatoms. The van der Waals surface area contributed by atoms with Crippen LogP contribution in [0.15, 0.2) is 0 Å². The fraction of sp³-hybridized carbons (Fsp3) is 0.500. The van der Waals surface area contributed by atoms with E-state index >= 15 is 0 Å². The van der Waals surface area contributed by atoms with Crippen molar-refractivity contribution >= 4 is 54.7 Å². The van der Waals surface area contributed by atoms with E-state index in [1.165, 1.54) is 14.1 Å². The van der Waals surface area contributed by atoms with E-state index < -0.39 is 0 Å². The molecule has 0 atom stereocenters. The average molecular weight is 244 g/mol. The van der Waals surface area contributed by atoms with Crippen LogP contribution in [0.2, 0.25) is 0 Å². The van der Waals surface area contributed by atoms with Gasteiger partial charge in [-0.15, -0.1) is 0 Å². The van der Waals surface area contributed by atoms with E-state index in [2.05, 4.69) is 0 Å². The van der Waals surface area contributed by atoms with Crippen LogP contribution in [0.4, 0.5) is 0 Å². The lowest BCUT2D eigenvalue weighted by Gasteiger charge is -2.12. The quantitative estimate of drug-likeness (QED) is 0.378. The van der Waals surface area contributed by atoms with E-state index in [9.17, 15) is 0 Å². The monoisotopic (exact) mass is 244 g/mol. The molecule has 0 spiro atoms. The first kappa shape index (κ1) is 12.4. The third kappa shape index (κ3) is 5.12. The smallest absolute Gasteiger partial charge is 0.170 e. The van der Waals surface area contributed by atoms with E-state index in [0.717, 1.165) is 31.7 Å². The SMILES string of the molecule is CN(O)C(=S)SSC(=S)N(C)O. The molecule has 0 aromatic heterocycles. The zero-order chi connectivity index (χ0) is 9.72. The molecule has 0 unspecified atom stereocenters. The van der Waals surface area contributed by atoms with Crippen molar-refractivity contribution in [1.29, 1.82) is 0 Å². The summed E-state index contributed by atoms with van der Waals surface area (Å²) in [7, 11) is 5.04. The molecule has 0 aliphatic rings. The molecule has 0 saturated carbocycles. The number of rotatable bonds is 0. The Hall–Kier alpha value is 0.400. The van der Waals surface area contributed by atoms with Gasteiger partial charge in [0.05, 0.1) is 0 Å². The molecule has 70 valence electrons. The van der Waals surface area contributed by atoms with E-state index in [-0.39, 0.29) is 8.64 Å². The van der Waals surface area contributed by atoms with Gasteiger partial charge in [0.15, 0.2) is 8.64 Å². The lowest BCUT2D eigenvalue weighted by molar-refractivity contribution is 0.0201. The molecule has 12 heavy (non-hydrogen) atoms. The van der Waals surface area contributed by atoms with Gasteiger partial charge in [0.1, 0.15) is 0 Å². The van der Waals surface area contributed by atoms with Crippen molar-refractivity contribution < 1.29 is 10.4 Å². The second-order valence-corrected chi connectivity index (χ2v) is 5.14. The summed E-state index contributed by atoms with van der Waals surface area (Å²) in [6.07, 6.45) is 0. The Labute approximate surface area is 89.2 Å². The third-order valence-electron chi connectivity index (χ3n) is 0.713. The van der Waals surface area contributed by atoms with Gasteiger partial charge in [-0.05, 0) is 46.0 Å². The molecule has 0 aromatic carbocycles. The molecule has 0 heterocycles. The van der Waals surface area contributed by atoms with E-state index in [4.69, 9.17) is 34.9 Å². The van der Waals surface area contributed by atoms with Crippen LogP contribution < -0.4 is 0 Å². The number of nitrogens with zero attached hydrogens (tertiary/aromatic N) is 2. The maximum absolute atomic E-state index is 8.81. The van der Waals surface area contributed by atoms with Crippen molar-refractivity contribution in [3.8, 4) is 0 Å². The molecule has 0 radical (unpaired) electrons. The van der Waals surface area contributed by atoms with Gasteiger partial charge in [-0.2, -0.15) is 0 Å². The minimum atomic E-state index is 0.282. The number of hydrogen-bond acceptors (Lipinski definition) is 6. The summed E-state index contributed by atoms with van der Waals surface area (Å²) >= 11 is 9.48. The summed E-state index contributed by atoms with van der Waals surface area (Å²) in [5.74, 6) is 0. The first-order chi connectivity index (χ1) is 5.45. The highest BCUT2D eigenvalue weighted by molar-refractivity contribution is 8.89. The van der Waals surface area contributed by atoms with Gasteiger partial charge in [-0.1, -0.05) is 0 Å². The van der Waals surface area contributed by atoms with Crippen molar-refractivity contribution in [3.05, 3.63) is 0 Å². The molecular weight excluding hydrogens is 236 g/mol. The van der Waals surface area contributed by atoms with Crippen molar-refractivity contribution in [3.63, 3.8) is 0 Å². The maximum atomic E-state index is 8.81. The van der Waals surface area contributed by atoms with Gasteiger partial charge in [-0.3, -0.25) is 10.4 Å². The number of hydrogen-bond donors (Lipinski definition) is 2. The fourth-order valence-corrected chi connectivity index (χ4v) is 2.22. The van der Waals surface area contributed by atoms with Gasteiger partial charge in [0, 0.05) is 14.1 Å². The van der Waals surface area contributed by atoms with Crippen LogP contribution in [0.5, 0.6) is 0 Å². The lowest BCUT2D eigenvalue weighted by atomic mass is 11.2. The van der Waals surface area contributed by atoms with Gasteiger partial charge in [-0.25, -0.2) is 10.1 Å². The Morgan fingerprint density at radius 1 is 1.00 bits per heavy atom. The molecule has 0 rings (SSSR count). The Bertz CT molecular complexity index is 164. The fourth-order valence-electron chi connectivity index (χ4n) is 0.179. The van der Waals surface area contributed by atoms with Crippen LogP contribution in [0.3, 0.4) is 0 Å². The second-order valence-electron chi connectivity index (χ2n) is 1.75. The minimum Gasteiger partial charge on any atom is -0.287 e. The third-order valence-corrected chi connectivity index (χ3v) is 4.47. The summed E-state index contributed by atoms with van der Waals surface area (Å²) in [6.45, 7) is 0. The first-order valence-corrected chi connectivity index (χ1v) is 5.69. The van der Waals surface area contributed by atoms with Crippen molar-refractivity contribution in [2.75, 3.05) is 14.1 Å². The maximum Gasteiger partial charge on any atom is 0.170 e. The van der Waals surface area contributed by atoms with E-state index in [0.29, 0.717) is 0 Å². The molecule has 0 bridgehead atoms. The molecule has 0 aromatic rings. The average Bonchev–Trinajstić information content (AvgIpc) is 1.98. The van der Waals surface area contributed by atoms with Crippen LogP contribution >= 0.6 is 46.0 Å². The van der Waals surface area contributed by atoms with Crippen LogP contribution in [0, 0.1) is 0 Å². The Morgan fingerprint density at radius 3 is 1.42 bits per heavy atom. The molecule has 0 fully saturated rings. The predicted octanol–water partition coefficient (Wildman–Crippen LogP) is 1.58.